The minimum atomic E-state index is -4.78. The van der Waals surface area contributed by atoms with Crippen molar-refractivity contribution in [3.63, 3.8) is 0 Å². The van der Waals surface area contributed by atoms with Gasteiger partial charge in [-0.1, -0.05) is 0 Å². The van der Waals surface area contributed by atoms with E-state index in [1.807, 2.05) is 0 Å². The van der Waals surface area contributed by atoms with Crippen LogP contribution in [-0.2, 0) is 30.5 Å². The molecular formula is C18H17F3N2O5S. The standard InChI is InChI=1S/C18H17F3N2O5S/c1-27-15(24)5-10-4-14-17-12(16(10)28-14)8-23(29(17,25)26)11-3-2-9(7-22)13(6-11)18(19,20)21/h2-3,6,10,12,14,16-17H,4-5,8H2,1H3/t10-,12-,14-,16+,17-/m0/s1. The van der Waals surface area contributed by atoms with Crippen LogP contribution in [0.15, 0.2) is 18.2 Å². The van der Waals surface area contributed by atoms with Crippen LogP contribution in [0.3, 0.4) is 0 Å². The smallest absolute Gasteiger partial charge is 0.417 e. The van der Waals surface area contributed by atoms with Crippen molar-refractivity contribution in [2.45, 2.75) is 36.5 Å². The van der Waals surface area contributed by atoms with Crippen LogP contribution in [0.25, 0.3) is 0 Å². The van der Waals surface area contributed by atoms with E-state index in [1.54, 1.807) is 0 Å². The molecule has 3 aliphatic heterocycles. The number of anilines is 1. The van der Waals surface area contributed by atoms with Gasteiger partial charge in [0.1, 0.15) is 5.25 Å². The van der Waals surface area contributed by atoms with Gasteiger partial charge in [-0.05, 0) is 30.5 Å². The molecule has 3 heterocycles. The van der Waals surface area contributed by atoms with Gasteiger partial charge in [-0.3, -0.25) is 9.10 Å². The molecular weight excluding hydrogens is 413 g/mol. The van der Waals surface area contributed by atoms with Crippen LogP contribution in [-0.4, -0.2) is 45.5 Å². The fraction of sp³-hybridized carbons (Fsp3) is 0.556. The second kappa shape index (κ2) is 6.60. The summed E-state index contributed by atoms with van der Waals surface area (Å²) in [6, 6.07) is 4.37. The number of nitrogens with zero attached hydrogens (tertiary/aromatic N) is 2. The van der Waals surface area contributed by atoms with Crippen molar-refractivity contribution < 1.29 is 35.9 Å². The molecule has 1 aromatic rings. The summed E-state index contributed by atoms with van der Waals surface area (Å²) < 4.78 is 77.4. The molecule has 3 aliphatic rings. The maximum absolute atomic E-state index is 13.3. The lowest BCUT2D eigenvalue weighted by molar-refractivity contribution is -0.142. The molecule has 0 saturated carbocycles. The minimum Gasteiger partial charge on any atom is -0.469 e. The highest BCUT2D eigenvalue weighted by molar-refractivity contribution is 7.93. The predicted molar refractivity (Wildman–Crippen MR) is 93.1 cm³/mol. The van der Waals surface area contributed by atoms with Crippen LogP contribution < -0.4 is 4.31 Å². The highest BCUT2D eigenvalue weighted by Gasteiger charge is 2.64. The van der Waals surface area contributed by atoms with E-state index >= 15 is 0 Å². The summed E-state index contributed by atoms with van der Waals surface area (Å²) in [4.78, 5) is 11.6. The molecule has 3 fully saturated rings. The number of carbonyl (C=O) groups excluding carboxylic acids is 1. The number of hydrogen-bond acceptors (Lipinski definition) is 6. The Balaban J connectivity index is 1.66. The van der Waals surface area contributed by atoms with E-state index in [9.17, 15) is 26.4 Å². The van der Waals surface area contributed by atoms with Crippen molar-refractivity contribution in [2.75, 3.05) is 18.0 Å². The van der Waals surface area contributed by atoms with Crippen molar-refractivity contribution in [3.05, 3.63) is 29.3 Å². The monoisotopic (exact) mass is 430 g/mol. The molecule has 0 radical (unpaired) electrons. The molecule has 29 heavy (non-hydrogen) atoms. The topological polar surface area (TPSA) is 96.7 Å². The Morgan fingerprint density at radius 3 is 2.76 bits per heavy atom. The van der Waals surface area contributed by atoms with Crippen LogP contribution in [0.5, 0.6) is 0 Å². The van der Waals surface area contributed by atoms with Gasteiger partial charge in [0.2, 0.25) is 10.0 Å². The molecule has 4 rings (SSSR count). The van der Waals surface area contributed by atoms with Crippen LogP contribution in [0.4, 0.5) is 18.9 Å². The highest BCUT2D eigenvalue weighted by Crippen LogP contribution is 2.52. The number of esters is 1. The summed E-state index contributed by atoms with van der Waals surface area (Å²) in [7, 11) is -2.68. The van der Waals surface area contributed by atoms with Crippen molar-refractivity contribution in [1.29, 1.82) is 5.26 Å². The summed E-state index contributed by atoms with van der Waals surface area (Å²) in [6.07, 6.45) is -5.36. The van der Waals surface area contributed by atoms with Gasteiger partial charge in [0.25, 0.3) is 0 Å². The van der Waals surface area contributed by atoms with Gasteiger partial charge >= 0.3 is 12.1 Å². The number of alkyl halides is 3. The first kappa shape index (κ1) is 20.0. The third-order valence-corrected chi connectivity index (χ3v) is 8.26. The van der Waals surface area contributed by atoms with Gasteiger partial charge in [0.15, 0.2) is 0 Å². The third-order valence-electron chi connectivity index (χ3n) is 5.94. The molecule has 0 N–H and O–H groups in total. The zero-order valence-corrected chi connectivity index (χ0v) is 16.0. The molecule has 2 bridgehead atoms. The normalized spacial score (nSPS) is 32.1. The van der Waals surface area contributed by atoms with Gasteiger partial charge < -0.3 is 9.47 Å². The molecule has 0 aromatic heterocycles. The van der Waals surface area contributed by atoms with E-state index in [0.717, 1.165) is 10.4 Å². The number of hydrogen-bond donors (Lipinski definition) is 0. The molecule has 0 unspecified atom stereocenters. The average Bonchev–Trinajstić information content (AvgIpc) is 3.30. The van der Waals surface area contributed by atoms with Crippen molar-refractivity contribution in [2.24, 2.45) is 11.8 Å². The lowest BCUT2D eigenvalue weighted by atomic mass is 9.79. The Bertz CT molecular complexity index is 1000. The lowest BCUT2D eigenvalue weighted by Crippen LogP contribution is -2.39. The third kappa shape index (κ3) is 3.05. The Morgan fingerprint density at radius 2 is 2.14 bits per heavy atom. The van der Waals surface area contributed by atoms with Crippen LogP contribution in [0.2, 0.25) is 0 Å². The van der Waals surface area contributed by atoms with Crippen LogP contribution in [0.1, 0.15) is 24.0 Å². The second-order valence-electron chi connectivity index (χ2n) is 7.46. The number of carbonyl (C=O) groups is 1. The Morgan fingerprint density at radius 1 is 1.41 bits per heavy atom. The molecule has 0 aliphatic carbocycles. The van der Waals surface area contributed by atoms with Gasteiger partial charge in [0, 0.05) is 12.5 Å². The number of fused-ring (bicyclic) bond motifs is 5. The molecule has 3 saturated heterocycles. The van der Waals surface area contributed by atoms with E-state index in [0.29, 0.717) is 12.5 Å². The predicted octanol–water partition coefficient (Wildman–Crippen LogP) is 2.06. The summed E-state index contributed by atoms with van der Waals surface area (Å²) in [6.45, 7) is -0.0327. The largest absolute Gasteiger partial charge is 0.469 e. The van der Waals surface area contributed by atoms with Gasteiger partial charge in [-0.2, -0.15) is 18.4 Å². The van der Waals surface area contributed by atoms with Crippen molar-refractivity contribution in [1.82, 2.24) is 0 Å². The Kier molecular flexibility index (Phi) is 4.55. The first-order valence-corrected chi connectivity index (χ1v) is 10.4. The first-order valence-electron chi connectivity index (χ1n) is 8.93. The fourth-order valence-electron chi connectivity index (χ4n) is 4.76. The highest BCUT2D eigenvalue weighted by atomic mass is 32.2. The minimum absolute atomic E-state index is 0.0327. The zero-order chi connectivity index (χ0) is 21.1. The number of halogens is 3. The summed E-state index contributed by atoms with van der Waals surface area (Å²) in [5.41, 5.74) is -1.87. The van der Waals surface area contributed by atoms with Gasteiger partial charge in [-0.25, -0.2) is 8.42 Å². The molecule has 0 amide bonds. The van der Waals surface area contributed by atoms with E-state index in [2.05, 4.69) is 4.74 Å². The molecule has 5 atom stereocenters. The van der Waals surface area contributed by atoms with Crippen LogP contribution in [0, 0.1) is 23.2 Å². The van der Waals surface area contributed by atoms with Gasteiger partial charge in [0.05, 0.1) is 48.6 Å². The summed E-state index contributed by atoms with van der Waals surface area (Å²) in [5, 5.41) is 8.08. The number of methoxy groups -OCH3 is 1. The van der Waals surface area contributed by atoms with E-state index in [1.165, 1.54) is 19.2 Å². The molecule has 0 spiro atoms. The Hall–Kier alpha value is -2.32. The summed E-state index contributed by atoms with van der Waals surface area (Å²) >= 11 is 0. The van der Waals surface area contributed by atoms with Crippen molar-refractivity contribution >= 4 is 21.7 Å². The maximum atomic E-state index is 13.3. The van der Waals surface area contributed by atoms with E-state index in [-0.39, 0.29) is 24.6 Å². The quantitative estimate of drug-likeness (QED) is 0.681. The van der Waals surface area contributed by atoms with E-state index in [4.69, 9.17) is 10.00 Å². The molecule has 7 nitrogen and oxygen atoms in total. The number of nitriles is 1. The number of ether oxygens (including phenoxy) is 2. The molecule has 11 heteroatoms. The first-order chi connectivity index (χ1) is 13.6. The lowest BCUT2D eigenvalue weighted by Gasteiger charge is -2.24. The molecule has 1 aromatic carbocycles. The number of benzene rings is 1. The maximum Gasteiger partial charge on any atom is 0.417 e. The number of rotatable bonds is 3. The fourth-order valence-corrected chi connectivity index (χ4v) is 7.08. The molecule has 156 valence electrons. The van der Waals surface area contributed by atoms with Crippen molar-refractivity contribution in [3.8, 4) is 6.07 Å². The SMILES string of the molecule is COC(=O)C[C@@H]1C[C@@H]2O[C@H]1[C@@H]1CN(c3ccc(C#N)c(C(F)(F)F)c3)S(=O)(=O)[C@@H]12. The van der Waals surface area contributed by atoms with Gasteiger partial charge in [-0.15, -0.1) is 0 Å². The second-order valence-corrected chi connectivity index (χ2v) is 9.47. The van der Waals surface area contributed by atoms with E-state index < -0.39 is 56.7 Å². The summed E-state index contributed by atoms with van der Waals surface area (Å²) in [5.74, 6) is -1.05. The Labute approximate surface area is 165 Å². The van der Waals surface area contributed by atoms with Crippen LogP contribution >= 0.6 is 0 Å². The zero-order valence-electron chi connectivity index (χ0n) is 15.2. The number of sulfonamides is 1. The average molecular weight is 430 g/mol.